The van der Waals surface area contributed by atoms with Crippen molar-refractivity contribution in [1.29, 1.82) is 0 Å². The fourth-order valence-corrected chi connectivity index (χ4v) is 3.14. The van der Waals surface area contributed by atoms with E-state index in [0.717, 1.165) is 4.31 Å². The van der Waals surface area contributed by atoms with Gasteiger partial charge in [0.2, 0.25) is 10.0 Å². The fraction of sp³-hybridized carbons (Fsp3) is 0.133. The number of nitrogens with one attached hydrogen (secondary N) is 1. The predicted molar refractivity (Wildman–Crippen MR) is 93.3 cm³/mol. The molecule has 0 aliphatic rings. The van der Waals surface area contributed by atoms with Gasteiger partial charge in [0.1, 0.15) is 5.15 Å². The molecule has 0 fully saturated rings. The summed E-state index contributed by atoms with van der Waals surface area (Å²) in [7, 11) is -0.646. The van der Waals surface area contributed by atoms with Gasteiger partial charge in [0.25, 0.3) is 5.91 Å². The van der Waals surface area contributed by atoms with Gasteiger partial charge in [0.05, 0.1) is 11.1 Å². The van der Waals surface area contributed by atoms with Crippen LogP contribution in [-0.2, 0) is 10.0 Å². The highest BCUT2D eigenvalue weighted by Gasteiger charge is 2.17. The number of anilines is 1. The number of sulfonamides is 1. The highest BCUT2D eigenvalue weighted by atomic mass is 35.5. The zero-order valence-electron chi connectivity index (χ0n) is 13.3. The molecule has 0 atom stereocenters. The van der Waals surface area contributed by atoms with Gasteiger partial charge in [0, 0.05) is 19.7 Å². The van der Waals surface area contributed by atoms with Crippen LogP contribution in [0, 0.1) is 0 Å². The Hall–Kier alpha value is -2.49. The Labute approximate surface area is 149 Å². The maximum absolute atomic E-state index is 12.3. The number of rotatable bonds is 4. The second-order valence-electron chi connectivity index (χ2n) is 5.35. The topological polar surface area (TPSA) is 96.7 Å². The quantitative estimate of drug-likeness (QED) is 0.746. The highest BCUT2D eigenvalue weighted by molar-refractivity contribution is 7.89. The van der Waals surface area contributed by atoms with Crippen molar-refractivity contribution in [2.75, 3.05) is 19.4 Å². The third-order valence-electron chi connectivity index (χ3n) is 3.42. The van der Waals surface area contributed by atoms with E-state index in [9.17, 15) is 13.2 Å². The molecule has 0 radical (unpaired) electrons. The number of carbonyl (C=O) groups excluding carboxylic acids is 1. The van der Waals surface area contributed by atoms with Crippen LogP contribution in [0.5, 0.6) is 0 Å². The summed E-state index contributed by atoms with van der Waals surface area (Å²) in [4.78, 5) is 16.6. The molecule has 25 heavy (non-hydrogen) atoms. The van der Waals surface area contributed by atoms with Crippen molar-refractivity contribution in [3.8, 4) is 0 Å². The van der Waals surface area contributed by atoms with E-state index >= 15 is 0 Å². The largest absolute Gasteiger partial charge is 0.305 e. The Kier molecular flexibility index (Phi) is 4.46. The summed E-state index contributed by atoms with van der Waals surface area (Å²) in [5, 5.41) is 6.97. The minimum atomic E-state index is -3.53. The molecule has 1 N–H and O–H groups in total. The Morgan fingerprint density at radius 3 is 2.48 bits per heavy atom. The SMILES string of the molecule is CN(C)S(=O)(=O)c1ccc(C(=O)Nc2cn3nc(Cl)ccc3n2)cc1. The lowest BCUT2D eigenvalue weighted by molar-refractivity contribution is 0.102. The standard InChI is InChI=1S/C15H14ClN5O3S/c1-20(2)25(23,24)11-5-3-10(4-6-11)15(22)18-13-9-21-14(17-13)8-7-12(16)19-21/h3-9H,1-2H3,(H,18,22). The number of hydrogen-bond acceptors (Lipinski definition) is 5. The molecule has 0 saturated heterocycles. The zero-order valence-corrected chi connectivity index (χ0v) is 14.9. The van der Waals surface area contributed by atoms with Crippen LogP contribution in [-0.4, -0.2) is 47.3 Å². The van der Waals surface area contributed by atoms with Crippen LogP contribution in [0.1, 0.15) is 10.4 Å². The van der Waals surface area contributed by atoms with Gasteiger partial charge in [-0.3, -0.25) is 4.79 Å². The lowest BCUT2D eigenvalue weighted by Gasteiger charge is -2.11. The summed E-state index contributed by atoms with van der Waals surface area (Å²) in [5.74, 6) is -0.104. The maximum Gasteiger partial charge on any atom is 0.256 e. The maximum atomic E-state index is 12.3. The fourth-order valence-electron chi connectivity index (χ4n) is 2.10. The van der Waals surface area contributed by atoms with Gasteiger partial charge < -0.3 is 5.32 Å². The molecular formula is C15H14ClN5O3S. The van der Waals surface area contributed by atoms with Gasteiger partial charge in [-0.2, -0.15) is 5.10 Å². The minimum absolute atomic E-state index is 0.112. The Bertz CT molecular complexity index is 1040. The molecule has 0 bridgehead atoms. The number of nitrogens with zero attached hydrogens (tertiary/aromatic N) is 4. The first-order valence-corrected chi connectivity index (χ1v) is 8.95. The van der Waals surface area contributed by atoms with Crippen molar-refractivity contribution < 1.29 is 13.2 Å². The van der Waals surface area contributed by atoms with Crippen molar-refractivity contribution >= 4 is 39.0 Å². The van der Waals surface area contributed by atoms with Gasteiger partial charge in [-0.25, -0.2) is 22.2 Å². The molecule has 0 spiro atoms. The van der Waals surface area contributed by atoms with Crippen LogP contribution in [0.3, 0.4) is 0 Å². The van der Waals surface area contributed by atoms with E-state index < -0.39 is 15.9 Å². The third-order valence-corrected chi connectivity index (χ3v) is 5.46. The molecule has 0 aliphatic heterocycles. The third kappa shape index (κ3) is 3.48. The van der Waals surface area contributed by atoms with E-state index in [1.54, 1.807) is 12.1 Å². The van der Waals surface area contributed by atoms with E-state index in [2.05, 4.69) is 15.4 Å². The van der Waals surface area contributed by atoms with Crippen molar-refractivity contribution in [2.45, 2.75) is 4.90 Å². The molecule has 2 heterocycles. The first-order valence-electron chi connectivity index (χ1n) is 7.13. The molecule has 0 saturated carbocycles. The lowest BCUT2D eigenvalue weighted by Crippen LogP contribution is -2.22. The number of fused-ring (bicyclic) bond motifs is 1. The number of hydrogen-bond donors (Lipinski definition) is 1. The summed E-state index contributed by atoms with van der Waals surface area (Å²) in [5.41, 5.74) is 0.841. The molecular weight excluding hydrogens is 366 g/mol. The molecule has 0 unspecified atom stereocenters. The molecule has 8 nitrogen and oxygen atoms in total. The van der Waals surface area contributed by atoms with E-state index in [-0.39, 0.29) is 4.90 Å². The number of benzene rings is 1. The first-order chi connectivity index (χ1) is 11.8. The molecule has 3 rings (SSSR count). The van der Waals surface area contributed by atoms with E-state index in [1.807, 2.05) is 0 Å². The normalized spacial score (nSPS) is 11.8. The first kappa shape index (κ1) is 17.3. The summed E-state index contributed by atoms with van der Waals surface area (Å²) in [6.07, 6.45) is 1.53. The summed E-state index contributed by atoms with van der Waals surface area (Å²) in [6.45, 7) is 0. The average molecular weight is 380 g/mol. The summed E-state index contributed by atoms with van der Waals surface area (Å²) < 4.78 is 26.6. The van der Waals surface area contributed by atoms with Crippen LogP contribution in [0.4, 0.5) is 5.82 Å². The smallest absolute Gasteiger partial charge is 0.256 e. The van der Waals surface area contributed by atoms with Crippen molar-refractivity contribution in [3.05, 3.63) is 53.3 Å². The van der Waals surface area contributed by atoms with Crippen molar-refractivity contribution in [3.63, 3.8) is 0 Å². The molecule has 3 aromatic rings. The van der Waals surface area contributed by atoms with Gasteiger partial charge >= 0.3 is 0 Å². The van der Waals surface area contributed by atoms with Gasteiger partial charge in [-0.15, -0.1) is 0 Å². The zero-order chi connectivity index (χ0) is 18.2. The Balaban J connectivity index is 1.81. The van der Waals surface area contributed by atoms with Gasteiger partial charge in [0.15, 0.2) is 11.5 Å². The van der Waals surface area contributed by atoms with Crippen LogP contribution >= 0.6 is 11.6 Å². The van der Waals surface area contributed by atoms with Gasteiger partial charge in [-0.05, 0) is 36.4 Å². The van der Waals surface area contributed by atoms with E-state index in [4.69, 9.17) is 11.6 Å². The molecule has 0 aliphatic carbocycles. The second-order valence-corrected chi connectivity index (χ2v) is 7.89. The van der Waals surface area contributed by atoms with Crippen LogP contribution in [0.2, 0.25) is 5.15 Å². The Morgan fingerprint density at radius 1 is 1.16 bits per heavy atom. The second kappa shape index (κ2) is 6.43. The van der Waals surface area contributed by atoms with Crippen molar-refractivity contribution in [1.82, 2.24) is 18.9 Å². The molecule has 1 amide bonds. The molecule has 2 aromatic heterocycles. The number of aromatic nitrogens is 3. The van der Waals surface area contributed by atoms with Crippen LogP contribution < -0.4 is 5.32 Å². The van der Waals surface area contributed by atoms with E-state index in [1.165, 1.54) is 49.1 Å². The molecule has 10 heteroatoms. The predicted octanol–water partition coefficient (Wildman–Crippen LogP) is 1.89. The van der Waals surface area contributed by atoms with Gasteiger partial charge in [-0.1, -0.05) is 11.6 Å². The molecule has 1 aromatic carbocycles. The summed E-state index contributed by atoms with van der Waals surface area (Å²) in [6, 6.07) is 8.92. The monoisotopic (exact) mass is 379 g/mol. The lowest BCUT2D eigenvalue weighted by atomic mass is 10.2. The van der Waals surface area contributed by atoms with Crippen LogP contribution in [0.15, 0.2) is 47.5 Å². The highest BCUT2D eigenvalue weighted by Crippen LogP contribution is 2.16. The number of amides is 1. The number of imidazole rings is 1. The summed E-state index contributed by atoms with van der Waals surface area (Å²) >= 11 is 5.80. The minimum Gasteiger partial charge on any atom is -0.305 e. The van der Waals surface area contributed by atoms with Crippen molar-refractivity contribution in [2.24, 2.45) is 0 Å². The number of carbonyl (C=O) groups is 1. The number of halogens is 1. The Morgan fingerprint density at radius 2 is 1.84 bits per heavy atom. The average Bonchev–Trinajstić information content (AvgIpc) is 2.96. The van der Waals surface area contributed by atoms with Crippen LogP contribution in [0.25, 0.3) is 5.65 Å². The van der Waals surface area contributed by atoms with E-state index in [0.29, 0.717) is 22.2 Å². The molecule has 130 valence electrons.